The minimum absolute atomic E-state index is 0.233. The van der Waals surface area contributed by atoms with Gasteiger partial charge in [-0.1, -0.05) is 13.8 Å². The molecule has 1 amide bonds. The first-order valence-corrected chi connectivity index (χ1v) is 5.09. The van der Waals surface area contributed by atoms with Crippen LogP contribution in [0.5, 0.6) is 0 Å². The van der Waals surface area contributed by atoms with Crippen LogP contribution in [0.4, 0.5) is 0 Å². The van der Waals surface area contributed by atoms with Crippen molar-refractivity contribution in [1.82, 2.24) is 10.6 Å². The van der Waals surface area contributed by atoms with Gasteiger partial charge in [-0.15, -0.1) is 0 Å². The number of carbonyl (C=O) groups is 2. The molecular formula is C10H20N2O3. The Morgan fingerprint density at radius 2 is 1.80 bits per heavy atom. The first kappa shape index (κ1) is 13.9. The number of aliphatic carboxylic acids is 1. The summed E-state index contributed by atoms with van der Waals surface area (Å²) in [6.07, 6.45) is 0.442. The third kappa shape index (κ3) is 5.37. The van der Waals surface area contributed by atoms with Crippen molar-refractivity contribution in [2.75, 3.05) is 7.05 Å². The molecule has 0 saturated carbocycles. The monoisotopic (exact) mass is 216 g/mol. The van der Waals surface area contributed by atoms with Gasteiger partial charge < -0.3 is 15.7 Å². The van der Waals surface area contributed by atoms with Crippen LogP contribution in [0.1, 0.15) is 27.2 Å². The van der Waals surface area contributed by atoms with Gasteiger partial charge in [0.25, 0.3) is 0 Å². The summed E-state index contributed by atoms with van der Waals surface area (Å²) in [6.45, 7) is 5.52. The van der Waals surface area contributed by atoms with Crippen molar-refractivity contribution in [2.24, 2.45) is 5.92 Å². The molecule has 0 aliphatic carbocycles. The Morgan fingerprint density at radius 1 is 1.27 bits per heavy atom. The van der Waals surface area contributed by atoms with Gasteiger partial charge in [-0.25, -0.2) is 4.79 Å². The van der Waals surface area contributed by atoms with E-state index in [1.807, 2.05) is 13.8 Å². The summed E-state index contributed by atoms with van der Waals surface area (Å²) in [4.78, 5) is 22.3. The van der Waals surface area contributed by atoms with Crippen LogP contribution in [0.15, 0.2) is 0 Å². The highest BCUT2D eigenvalue weighted by Gasteiger charge is 2.22. The number of carbonyl (C=O) groups excluding carboxylic acids is 1. The Hall–Kier alpha value is -1.10. The zero-order chi connectivity index (χ0) is 12.0. The molecule has 0 rings (SSSR count). The summed E-state index contributed by atoms with van der Waals surface area (Å²) >= 11 is 0. The van der Waals surface area contributed by atoms with Crippen LogP contribution in [0.2, 0.25) is 0 Å². The van der Waals surface area contributed by atoms with E-state index in [-0.39, 0.29) is 17.9 Å². The Kier molecular flexibility index (Phi) is 5.93. The van der Waals surface area contributed by atoms with Gasteiger partial charge in [0.15, 0.2) is 0 Å². The van der Waals surface area contributed by atoms with Crippen LogP contribution in [0, 0.1) is 5.92 Å². The van der Waals surface area contributed by atoms with Crippen molar-refractivity contribution >= 4 is 11.9 Å². The standard InChI is InChI=1S/C10H20N2O3/c1-6(2)5-8(10(14)15)12-9(13)7(3)11-4/h6-8,11H,5H2,1-4H3,(H,12,13)(H,14,15)/t7-,8-/m0/s1. The summed E-state index contributed by atoms with van der Waals surface area (Å²) in [5.74, 6) is -1.04. The summed E-state index contributed by atoms with van der Waals surface area (Å²) in [6, 6.07) is -1.17. The minimum atomic E-state index is -0.986. The van der Waals surface area contributed by atoms with Crippen LogP contribution in [0.3, 0.4) is 0 Å². The fourth-order valence-corrected chi connectivity index (χ4v) is 1.12. The van der Waals surface area contributed by atoms with Gasteiger partial charge >= 0.3 is 5.97 Å². The predicted octanol–water partition coefficient (Wildman–Crippen LogP) is 0.210. The first-order valence-electron chi connectivity index (χ1n) is 5.09. The van der Waals surface area contributed by atoms with E-state index in [4.69, 9.17) is 5.11 Å². The van der Waals surface area contributed by atoms with Gasteiger partial charge in [0, 0.05) is 0 Å². The molecule has 0 heterocycles. The van der Waals surface area contributed by atoms with Crippen LogP contribution >= 0.6 is 0 Å². The second-order valence-corrected chi connectivity index (χ2v) is 4.04. The molecule has 5 nitrogen and oxygen atoms in total. The molecule has 0 aromatic heterocycles. The molecule has 88 valence electrons. The molecule has 0 fully saturated rings. The Morgan fingerprint density at radius 3 is 2.13 bits per heavy atom. The smallest absolute Gasteiger partial charge is 0.326 e. The maximum Gasteiger partial charge on any atom is 0.326 e. The Labute approximate surface area is 90.2 Å². The average molecular weight is 216 g/mol. The van der Waals surface area contributed by atoms with E-state index in [1.165, 1.54) is 0 Å². The van der Waals surface area contributed by atoms with E-state index in [0.717, 1.165) is 0 Å². The molecule has 0 spiro atoms. The van der Waals surface area contributed by atoms with Crippen molar-refractivity contribution in [3.05, 3.63) is 0 Å². The van der Waals surface area contributed by atoms with Gasteiger partial charge in [-0.05, 0) is 26.3 Å². The molecule has 15 heavy (non-hydrogen) atoms. The molecule has 0 unspecified atom stereocenters. The highest BCUT2D eigenvalue weighted by Crippen LogP contribution is 2.05. The molecule has 2 atom stereocenters. The van der Waals surface area contributed by atoms with E-state index >= 15 is 0 Å². The maximum atomic E-state index is 11.4. The summed E-state index contributed by atoms with van der Waals surface area (Å²) in [5, 5.41) is 14.1. The number of rotatable bonds is 6. The lowest BCUT2D eigenvalue weighted by Crippen LogP contribution is -2.48. The molecule has 0 aromatic carbocycles. The lowest BCUT2D eigenvalue weighted by Gasteiger charge is -2.18. The molecule has 5 heteroatoms. The van der Waals surface area contributed by atoms with Crippen molar-refractivity contribution in [2.45, 2.75) is 39.3 Å². The minimum Gasteiger partial charge on any atom is -0.480 e. The lowest BCUT2D eigenvalue weighted by molar-refractivity contribution is -0.142. The number of carboxylic acid groups (broad SMARTS) is 1. The van der Waals surface area contributed by atoms with Gasteiger partial charge in [0.1, 0.15) is 6.04 Å². The van der Waals surface area contributed by atoms with Gasteiger partial charge in [0.05, 0.1) is 6.04 Å². The van der Waals surface area contributed by atoms with E-state index < -0.39 is 12.0 Å². The van der Waals surface area contributed by atoms with Crippen molar-refractivity contribution in [1.29, 1.82) is 0 Å². The Bertz CT molecular complexity index is 229. The zero-order valence-electron chi connectivity index (χ0n) is 9.70. The number of hydrogen-bond acceptors (Lipinski definition) is 3. The second-order valence-electron chi connectivity index (χ2n) is 4.04. The van der Waals surface area contributed by atoms with E-state index in [2.05, 4.69) is 10.6 Å². The van der Waals surface area contributed by atoms with Crippen molar-refractivity contribution < 1.29 is 14.7 Å². The molecule has 0 saturated heterocycles. The number of hydrogen-bond donors (Lipinski definition) is 3. The van der Waals surface area contributed by atoms with Crippen molar-refractivity contribution in [3.8, 4) is 0 Å². The third-order valence-corrected chi connectivity index (χ3v) is 2.15. The fraction of sp³-hybridized carbons (Fsp3) is 0.800. The molecule has 3 N–H and O–H groups in total. The molecular weight excluding hydrogens is 196 g/mol. The Balaban J connectivity index is 4.29. The van der Waals surface area contributed by atoms with Crippen LogP contribution in [0.25, 0.3) is 0 Å². The lowest BCUT2D eigenvalue weighted by atomic mass is 10.0. The third-order valence-electron chi connectivity index (χ3n) is 2.15. The predicted molar refractivity (Wildman–Crippen MR) is 57.5 cm³/mol. The molecule has 0 radical (unpaired) electrons. The van der Waals surface area contributed by atoms with Crippen LogP contribution in [-0.2, 0) is 9.59 Å². The topological polar surface area (TPSA) is 78.4 Å². The maximum absolute atomic E-state index is 11.4. The second kappa shape index (κ2) is 6.40. The number of nitrogens with one attached hydrogen (secondary N) is 2. The number of amides is 1. The quantitative estimate of drug-likeness (QED) is 0.593. The summed E-state index contributed by atoms with van der Waals surface area (Å²) in [5.41, 5.74) is 0. The zero-order valence-corrected chi connectivity index (χ0v) is 9.70. The number of likely N-dealkylation sites (N-methyl/N-ethyl adjacent to an activating group) is 1. The average Bonchev–Trinajstić information content (AvgIpc) is 2.14. The van der Waals surface area contributed by atoms with Gasteiger partial charge in [-0.2, -0.15) is 0 Å². The van der Waals surface area contributed by atoms with E-state index in [1.54, 1.807) is 14.0 Å². The SMILES string of the molecule is CN[C@@H](C)C(=O)N[C@@H](CC(C)C)C(=O)O. The van der Waals surface area contributed by atoms with Gasteiger partial charge in [0.2, 0.25) is 5.91 Å². The normalized spacial score (nSPS) is 14.7. The van der Waals surface area contributed by atoms with E-state index in [0.29, 0.717) is 6.42 Å². The highest BCUT2D eigenvalue weighted by molar-refractivity contribution is 5.86. The van der Waals surface area contributed by atoms with Gasteiger partial charge in [-0.3, -0.25) is 4.79 Å². The van der Waals surface area contributed by atoms with Crippen LogP contribution < -0.4 is 10.6 Å². The summed E-state index contributed by atoms with van der Waals surface area (Å²) in [7, 11) is 1.66. The molecule has 0 aliphatic rings. The first-order chi connectivity index (χ1) is 6.88. The molecule has 0 aromatic rings. The fourth-order valence-electron chi connectivity index (χ4n) is 1.12. The highest BCUT2D eigenvalue weighted by atomic mass is 16.4. The molecule has 0 aliphatic heterocycles. The number of carboxylic acids is 1. The van der Waals surface area contributed by atoms with Crippen molar-refractivity contribution in [3.63, 3.8) is 0 Å². The van der Waals surface area contributed by atoms with Crippen LogP contribution in [-0.4, -0.2) is 36.1 Å². The largest absolute Gasteiger partial charge is 0.480 e. The van der Waals surface area contributed by atoms with E-state index in [9.17, 15) is 9.59 Å². The molecule has 0 bridgehead atoms. The summed E-state index contributed by atoms with van der Waals surface area (Å²) < 4.78 is 0.